The second kappa shape index (κ2) is 12.4. The molecule has 0 fully saturated rings. The molecular weight excluding hydrogens is 669 g/mol. The number of nitrogens with zero attached hydrogens (tertiary/aromatic N) is 2. The summed E-state index contributed by atoms with van der Waals surface area (Å²) in [7, 11) is 0. The Balaban J connectivity index is 1.18. The predicted molar refractivity (Wildman–Crippen MR) is 226 cm³/mol. The summed E-state index contributed by atoms with van der Waals surface area (Å²) in [6, 6.07) is 72.0. The fourth-order valence-corrected chi connectivity index (χ4v) is 8.96. The number of pyridine rings is 1. The first kappa shape index (κ1) is 31.3. The molecule has 0 atom stereocenters. The molecule has 8 aromatic carbocycles. The Morgan fingerprint density at radius 1 is 0.436 bits per heavy atom. The fraction of sp³-hybridized carbons (Fsp3) is 0.0192. The predicted octanol–water partition coefficient (Wildman–Crippen LogP) is 13.6. The van der Waals surface area contributed by atoms with Crippen LogP contribution in [0.25, 0.3) is 55.0 Å². The molecule has 3 heteroatoms. The van der Waals surface area contributed by atoms with E-state index in [1.165, 1.54) is 44.3 Å². The molecule has 0 amide bonds. The van der Waals surface area contributed by atoms with E-state index in [0.717, 1.165) is 50.1 Å². The van der Waals surface area contributed by atoms with E-state index in [2.05, 4.69) is 199 Å². The third kappa shape index (κ3) is 4.80. The van der Waals surface area contributed by atoms with Gasteiger partial charge in [-0.25, -0.2) is 4.98 Å². The van der Waals surface area contributed by atoms with Gasteiger partial charge in [0.15, 0.2) is 0 Å². The summed E-state index contributed by atoms with van der Waals surface area (Å²) >= 11 is 0. The first-order valence-electron chi connectivity index (χ1n) is 18.8. The van der Waals surface area contributed by atoms with E-state index in [9.17, 15) is 0 Å². The van der Waals surface area contributed by atoms with Crippen LogP contribution in [0.3, 0.4) is 0 Å². The summed E-state index contributed by atoms with van der Waals surface area (Å²) in [5.74, 6) is 0.822. The van der Waals surface area contributed by atoms with Gasteiger partial charge in [-0.2, -0.15) is 0 Å². The number of benzene rings is 8. The average molecular weight is 703 g/mol. The number of rotatable bonds is 6. The van der Waals surface area contributed by atoms with Gasteiger partial charge in [-0.1, -0.05) is 158 Å². The highest BCUT2D eigenvalue weighted by Gasteiger charge is 2.46. The van der Waals surface area contributed by atoms with Gasteiger partial charge in [-0.15, -0.1) is 0 Å². The van der Waals surface area contributed by atoms with Crippen molar-refractivity contribution in [3.8, 4) is 22.3 Å². The minimum Gasteiger partial charge on any atom is -0.456 e. The molecule has 3 nitrogen and oxygen atoms in total. The van der Waals surface area contributed by atoms with E-state index >= 15 is 0 Å². The number of hydrogen-bond acceptors (Lipinski definition) is 3. The average Bonchev–Trinajstić information content (AvgIpc) is 3.77. The van der Waals surface area contributed by atoms with Gasteiger partial charge in [0.1, 0.15) is 17.0 Å². The van der Waals surface area contributed by atoms with Crippen molar-refractivity contribution in [3.63, 3.8) is 0 Å². The number of furan rings is 1. The highest BCUT2D eigenvalue weighted by atomic mass is 16.3. The molecule has 0 bridgehead atoms. The zero-order valence-corrected chi connectivity index (χ0v) is 29.9. The molecule has 11 rings (SSSR count). The summed E-state index contributed by atoms with van der Waals surface area (Å²) < 4.78 is 6.58. The Hall–Kier alpha value is -7.23. The molecule has 1 aliphatic rings. The summed E-state index contributed by atoms with van der Waals surface area (Å²) in [4.78, 5) is 7.47. The van der Waals surface area contributed by atoms with Crippen molar-refractivity contribution in [2.45, 2.75) is 5.41 Å². The third-order valence-corrected chi connectivity index (χ3v) is 11.4. The highest BCUT2D eigenvalue weighted by molar-refractivity contribution is 6.15. The van der Waals surface area contributed by atoms with Gasteiger partial charge in [0.2, 0.25) is 0 Å². The number of hydrogen-bond donors (Lipinski definition) is 0. The number of fused-ring (bicyclic) bond motifs is 7. The van der Waals surface area contributed by atoms with Crippen LogP contribution < -0.4 is 4.90 Å². The topological polar surface area (TPSA) is 29.3 Å². The Morgan fingerprint density at radius 3 is 1.75 bits per heavy atom. The number of anilines is 3. The van der Waals surface area contributed by atoms with Crippen molar-refractivity contribution < 1.29 is 4.42 Å². The van der Waals surface area contributed by atoms with Crippen molar-refractivity contribution in [3.05, 3.63) is 229 Å². The summed E-state index contributed by atoms with van der Waals surface area (Å²) in [6.07, 6.45) is 1.86. The minimum absolute atomic E-state index is 0.477. The zero-order valence-electron chi connectivity index (χ0n) is 29.9. The van der Waals surface area contributed by atoms with Crippen LogP contribution in [0.2, 0.25) is 0 Å². The lowest BCUT2D eigenvalue weighted by molar-refractivity contribution is 0.669. The van der Waals surface area contributed by atoms with Crippen molar-refractivity contribution in [2.24, 2.45) is 0 Å². The van der Waals surface area contributed by atoms with Crippen LogP contribution in [0.4, 0.5) is 17.2 Å². The van der Waals surface area contributed by atoms with Gasteiger partial charge in [-0.3, -0.25) is 4.90 Å². The normalized spacial score (nSPS) is 12.9. The van der Waals surface area contributed by atoms with Crippen LogP contribution in [0.1, 0.15) is 22.3 Å². The van der Waals surface area contributed by atoms with Crippen molar-refractivity contribution in [2.75, 3.05) is 4.90 Å². The second-order valence-corrected chi connectivity index (χ2v) is 14.3. The van der Waals surface area contributed by atoms with Crippen molar-refractivity contribution >= 4 is 49.9 Å². The SMILES string of the molecule is c1ccc(-c2ccc(N(c3ccc4c(c3)-c3ccccc3C4(c3ccccc3)c3ccccc3)c3nccc4oc5cc6ccccc6cc5c34)cc2)cc1. The Morgan fingerprint density at radius 2 is 1.02 bits per heavy atom. The second-order valence-electron chi connectivity index (χ2n) is 14.3. The van der Waals surface area contributed by atoms with Crippen LogP contribution in [0, 0.1) is 0 Å². The third-order valence-electron chi connectivity index (χ3n) is 11.4. The Bertz CT molecular complexity index is 2980. The molecule has 1 aliphatic carbocycles. The molecule has 258 valence electrons. The molecule has 0 saturated carbocycles. The molecule has 0 unspecified atom stereocenters. The van der Waals surface area contributed by atoms with E-state index in [4.69, 9.17) is 9.40 Å². The van der Waals surface area contributed by atoms with Crippen LogP contribution in [0.15, 0.2) is 211 Å². The van der Waals surface area contributed by atoms with Gasteiger partial charge in [-0.05, 0) is 97.7 Å². The van der Waals surface area contributed by atoms with Crippen LogP contribution in [-0.4, -0.2) is 4.98 Å². The van der Waals surface area contributed by atoms with Gasteiger partial charge in [0.25, 0.3) is 0 Å². The van der Waals surface area contributed by atoms with Gasteiger partial charge >= 0.3 is 0 Å². The molecule has 0 aliphatic heterocycles. The van der Waals surface area contributed by atoms with E-state index in [1.807, 2.05) is 12.3 Å². The monoisotopic (exact) mass is 702 g/mol. The Labute approximate surface area is 319 Å². The van der Waals surface area contributed by atoms with Crippen LogP contribution in [-0.2, 0) is 5.41 Å². The zero-order chi connectivity index (χ0) is 36.3. The molecule has 10 aromatic rings. The lowest BCUT2D eigenvalue weighted by Gasteiger charge is -2.34. The molecular formula is C52H34N2O. The van der Waals surface area contributed by atoms with E-state index < -0.39 is 5.41 Å². The van der Waals surface area contributed by atoms with Gasteiger partial charge < -0.3 is 4.42 Å². The standard InChI is InChI=1S/C52H34N2O/c1-4-14-35(15-5-1)36-24-26-41(27-25-36)54(51-50-45-32-37-16-10-11-17-38(37)33-49(45)55-48(50)30-31-53-51)42-28-29-47-44(34-42)43-22-12-13-23-46(43)52(47,39-18-6-2-7-19-39)40-20-8-3-9-21-40/h1-34H. The molecule has 2 aromatic heterocycles. The largest absolute Gasteiger partial charge is 0.456 e. The van der Waals surface area contributed by atoms with Crippen molar-refractivity contribution in [1.29, 1.82) is 0 Å². The maximum absolute atomic E-state index is 6.58. The fourth-order valence-electron chi connectivity index (χ4n) is 8.96. The molecule has 55 heavy (non-hydrogen) atoms. The first-order valence-corrected chi connectivity index (χ1v) is 18.8. The maximum Gasteiger partial charge on any atom is 0.149 e. The first-order chi connectivity index (χ1) is 27.3. The van der Waals surface area contributed by atoms with E-state index in [0.29, 0.717) is 0 Å². The lowest BCUT2D eigenvalue weighted by Crippen LogP contribution is -2.28. The summed E-state index contributed by atoms with van der Waals surface area (Å²) in [5, 5.41) is 4.34. The molecule has 0 spiro atoms. The quantitative estimate of drug-likeness (QED) is 0.173. The van der Waals surface area contributed by atoms with Crippen LogP contribution >= 0.6 is 0 Å². The molecule has 2 heterocycles. The van der Waals surface area contributed by atoms with Gasteiger partial charge in [0.05, 0.1) is 10.8 Å². The molecule has 0 saturated heterocycles. The lowest BCUT2D eigenvalue weighted by atomic mass is 9.68. The number of aromatic nitrogens is 1. The maximum atomic E-state index is 6.58. The highest BCUT2D eigenvalue weighted by Crippen LogP contribution is 2.57. The van der Waals surface area contributed by atoms with E-state index in [1.54, 1.807) is 0 Å². The minimum atomic E-state index is -0.477. The Kier molecular flexibility index (Phi) is 7.08. The van der Waals surface area contributed by atoms with Crippen LogP contribution in [0.5, 0.6) is 0 Å². The van der Waals surface area contributed by atoms with Crippen molar-refractivity contribution in [1.82, 2.24) is 4.98 Å². The smallest absolute Gasteiger partial charge is 0.149 e. The van der Waals surface area contributed by atoms with Gasteiger partial charge in [0, 0.05) is 23.0 Å². The molecule has 0 N–H and O–H groups in total. The van der Waals surface area contributed by atoms with E-state index in [-0.39, 0.29) is 0 Å². The summed E-state index contributed by atoms with van der Waals surface area (Å²) in [5.41, 5.74) is 13.0. The molecule has 0 radical (unpaired) electrons. The summed E-state index contributed by atoms with van der Waals surface area (Å²) in [6.45, 7) is 0.